The molecule has 0 saturated carbocycles. The number of aromatic hydroxyl groups is 1. The van der Waals surface area contributed by atoms with E-state index < -0.39 is 5.91 Å². The molecule has 0 aliphatic carbocycles. The molecule has 0 aliphatic rings. The first-order valence-corrected chi connectivity index (χ1v) is 10.3. The van der Waals surface area contributed by atoms with Crippen LogP contribution in [0.4, 0.5) is 5.82 Å². The highest BCUT2D eigenvalue weighted by Crippen LogP contribution is 2.35. The zero-order valence-corrected chi connectivity index (χ0v) is 18.4. The fraction of sp³-hybridized carbons (Fsp3) is 0.150. The molecule has 2 aromatic carbocycles. The molecule has 0 saturated heterocycles. The Hall–Kier alpha value is -3.93. The molecule has 2 aromatic heterocycles. The molecule has 0 bridgehead atoms. The average molecular weight is 500 g/mol. The summed E-state index contributed by atoms with van der Waals surface area (Å²) < 4.78 is 12.2. The van der Waals surface area contributed by atoms with Crippen molar-refractivity contribution in [1.82, 2.24) is 25.3 Å². The van der Waals surface area contributed by atoms with Crippen LogP contribution in [-0.4, -0.2) is 43.7 Å². The molecule has 164 valence electrons. The van der Waals surface area contributed by atoms with Gasteiger partial charge < -0.3 is 20.1 Å². The van der Waals surface area contributed by atoms with Gasteiger partial charge in [0.05, 0.1) is 28.3 Å². The van der Waals surface area contributed by atoms with Crippen molar-refractivity contribution in [3.8, 4) is 23.0 Å². The van der Waals surface area contributed by atoms with Crippen LogP contribution < -0.4 is 15.9 Å². The lowest BCUT2D eigenvalue weighted by atomic mass is 10.2. The fourth-order valence-corrected chi connectivity index (χ4v) is 3.52. The number of anilines is 1. The zero-order chi connectivity index (χ0) is 22.7. The summed E-state index contributed by atoms with van der Waals surface area (Å²) in [6, 6.07) is 10.6. The first-order valence-electron chi connectivity index (χ1n) is 9.48. The number of aromatic nitrogens is 4. The van der Waals surface area contributed by atoms with Gasteiger partial charge in [0.15, 0.2) is 28.8 Å². The van der Waals surface area contributed by atoms with E-state index in [0.717, 1.165) is 0 Å². The van der Waals surface area contributed by atoms with Gasteiger partial charge >= 0.3 is 0 Å². The Kier molecular flexibility index (Phi) is 6.03. The van der Waals surface area contributed by atoms with Gasteiger partial charge in [0, 0.05) is 0 Å². The van der Waals surface area contributed by atoms with Crippen LogP contribution in [0, 0.1) is 0 Å². The largest absolute Gasteiger partial charge is 0.503 e. The summed E-state index contributed by atoms with van der Waals surface area (Å²) in [5.74, 6) is 0.330. The third kappa shape index (κ3) is 4.25. The van der Waals surface area contributed by atoms with Crippen molar-refractivity contribution >= 4 is 44.9 Å². The molecule has 12 heteroatoms. The quantitative estimate of drug-likeness (QED) is 0.259. The van der Waals surface area contributed by atoms with Gasteiger partial charge in [-0.15, -0.1) is 0 Å². The van der Waals surface area contributed by atoms with Crippen molar-refractivity contribution in [2.24, 2.45) is 5.10 Å². The summed E-state index contributed by atoms with van der Waals surface area (Å²) in [5.41, 5.74) is 10.5. The van der Waals surface area contributed by atoms with E-state index in [1.165, 1.54) is 6.21 Å². The van der Waals surface area contributed by atoms with E-state index in [2.05, 4.69) is 46.4 Å². The van der Waals surface area contributed by atoms with Crippen LogP contribution >= 0.6 is 15.9 Å². The topological polar surface area (TPSA) is 154 Å². The summed E-state index contributed by atoms with van der Waals surface area (Å²) in [7, 11) is 0. The number of nitrogens with two attached hydrogens (primary N) is 1. The Bertz CT molecular complexity index is 1310. The number of carbonyl (C=O) groups excluding carboxylic acids is 1. The van der Waals surface area contributed by atoms with E-state index >= 15 is 0 Å². The van der Waals surface area contributed by atoms with Crippen molar-refractivity contribution in [2.45, 2.75) is 13.5 Å². The SMILES string of the molecule is CCOc1cc(/C=N\NC(=O)Cn2c(-c3nonc3N)nc3ccccc32)cc(Br)c1O. The minimum Gasteiger partial charge on any atom is -0.503 e. The number of amides is 1. The smallest absolute Gasteiger partial charge is 0.260 e. The number of ether oxygens (including phenoxy) is 1. The Labute approximate surface area is 190 Å². The lowest BCUT2D eigenvalue weighted by Crippen LogP contribution is -2.23. The van der Waals surface area contributed by atoms with E-state index in [-0.39, 0.29) is 23.8 Å². The minimum absolute atomic E-state index is 0.00540. The van der Waals surface area contributed by atoms with Gasteiger partial charge in [0.2, 0.25) is 0 Å². The maximum atomic E-state index is 12.6. The van der Waals surface area contributed by atoms with Crippen molar-refractivity contribution in [3.63, 3.8) is 0 Å². The molecule has 32 heavy (non-hydrogen) atoms. The number of nitrogens with zero attached hydrogens (tertiary/aromatic N) is 5. The second-order valence-corrected chi connectivity index (χ2v) is 7.44. The number of para-hydroxylation sites is 2. The number of hydrazone groups is 1. The molecule has 4 rings (SSSR count). The number of rotatable bonds is 7. The Morgan fingerprint density at radius 2 is 2.19 bits per heavy atom. The molecular formula is C20H18BrN7O4. The van der Waals surface area contributed by atoms with E-state index in [0.29, 0.717) is 39.3 Å². The van der Waals surface area contributed by atoms with Crippen LogP contribution in [0.3, 0.4) is 0 Å². The Balaban J connectivity index is 1.55. The summed E-state index contributed by atoms with van der Waals surface area (Å²) in [6.07, 6.45) is 1.44. The molecule has 2 heterocycles. The molecule has 11 nitrogen and oxygen atoms in total. The summed E-state index contributed by atoms with van der Waals surface area (Å²) in [5, 5.41) is 21.4. The lowest BCUT2D eigenvalue weighted by Gasteiger charge is -2.08. The fourth-order valence-electron chi connectivity index (χ4n) is 3.06. The third-order valence-corrected chi connectivity index (χ3v) is 5.04. The molecule has 0 aliphatic heterocycles. The van der Waals surface area contributed by atoms with Crippen LogP contribution in [0.25, 0.3) is 22.6 Å². The molecular weight excluding hydrogens is 482 g/mol. The van der Waals surface area contributed by atoms with Crippen LogP contribution in [0.2, 0.25) is 0 Å². The van der Waals surface area contributed by atoms with Crippen LogP contribution in [0.15, 0.2) is 50.6 Å². The number of halogens is 1. The number of hydrogen-bond acceptors (Lipinski definition) is 9. The molecule has 4 aromatic rings. The van der Waals surface area contributed by atoms with Crippen molar-refractivity contribution in [1.29, 1.82) is 0 Å². The normalized spacial score (nSPS) is 11.3. The van der Waals surface area contributed by atoms with Gasteiger partial charge in [0.1, 0.15) is 6.54 Å². The maximum Gasteiger partial charge on any atom is 0.260 e. The van der Waals surface area contributed by atoms with E-state index in [1.807, 2.05) is 31.2 Å². The third-order valence-electron chi connectivity index (χ3n) is 4.44. The standard InChI is InChI=1S/C20H18BrN7O4/c1-2-31-15-8-11(7-12(21)18(15)30)9-23-25-16(29)10-28-14-6-4-3-5-13(14)24-20(28)17-19(22)27-32-26-17/h3-9,30H,2,10H2,1H3,(H2,22,27)(H,25,29)/b23-9-. The molecule has 0 spiro atoms. The molecule has 0 unspecified atom stereocenters. The van der Waals surface area contributed by atoms with E-state index in [9.17, 15) is 9.90 Å². The predicted molar refractivity (Wildman–Crippen MR) is 120 cm³/mol. The number of carbonyl (C=O) groups is 1. The minimum atomic E-state index is -0.399. The van der Waals surface area contributed by atoms with Crippen LogP contribution in [0.5, 0.6) is 11.5 Å². The first kappa shape index (κ1) is 21.3. The highest BCUT2D eigenvalue weighted by molar-refractivity contribution is 9.10. The number of hydrogen-bond donors (Lipinski definition) is 3. The molecule has 0 radical (unpaired) electrons. The van der Waals surface area contributed by atoms with Gasteiger partial charge in [-0.25, -0.2) is 15.0 Å². The number of phenolic OH excluding ortho intramolecular Hbond substituents is 1. The van der Waals surface area contributed by atoms with Crippen LogP contribution in [0.1, 0.15) is 12.5 Å². The summed E-state index contributed by atoms with van der Waals surface area (Å²) >= 11 is 3.26. The van der Waals surface area contributed by atoms with Gasteiger partial charge in [0.25, 0.3) is 5.91 Å². The number of phenols is 1. The molecule has 0 fully saturated rings. The number of benzene rings is 2. The van der Waals surface area contributed by atoms with Crippen LogP contribution in [-0.2, 0) is 11.3 Å². The average Bonchev–Trinajstić information content (AvgIpc) is 3.35. The maximum absolute atomic E-state index is 12.6. The highest BCUT2D eigenvalue weighted by atomic mass is 79.9. The van der Waals surface area contributed by atoms with Gasteiger partial charge in [-0.1, -0.05) is 12.1 Å². The zero-order valence-electron chi connectivity index (χ0n) is 16.8. The van der Waals surface area contributed by atoms with Crippen molar-refractivity contribution < 1.29 is 19.3 Å². The van der Waals surface area contributed by atoms with E-state index in [1.54, 1.807) is 16.7 Å². The molecule has 0 atom stereocenters. The lowest BCUT2D eigenvalue weighted by molar-refractivity contribution is -0.121. The molecule has 4 N–H and O–H groups in total. The summed E-state index contributed by atoms with van der Waals surface area (Å²) in [6.45, 7) is 2.11. The monoisotopic (exact) mass is 499 g/mol. The predicted octanol–water partition coefficient (Wildman–Crippen LogP) is 2.69. The number of nitrogen functional groups attached to an aromatic ring is 1. The van der Waals surface area contributed by atoms with E-state index in [4.69, 9.17) is 10.5 Å². The molecule has 1 amide bonds. The first-order chi connectivity index (χ1) is 15.5. The Morgan fingerprint density at radius 1 is 1.38 bits per heavy atom. The number of fused-ring (bicyclic) bond motifs is 1. The van der Waals surface area contributed by atoms with Gasteiger partial charge in [-0.2, -0.15) is 5.10 Å². The van der Waals surface area contributed by atoms with Crippen molar-refractivity contribution in [2.75, 3.05) is 12.3 Å². The van der Waals surface area contributed by atoms with Gasteiger partial charge in [-0.3, -0.25) is 4.79 Å². The summed E-state index contributed by atoms with van der Waals surface area (Å²) in [4.78, 5) is 17.1. The Morgan fingerprint density at radius 3 is 2.94 bits per heavy atom. The van der Waals surface area contributed by atoms with Crippen molar-refractivity contribution in [3.05, 3.63) is 46.4 Å². The number of imidazole rings is 1. The number of nitrogens with one attached hydrogen (secondary N) is 1. The van der Waals surface area contributed by atoms with Gasteiger partial charge in [-0.05, 0) is 63.0 Å². The highest BCUT2D eigenvalue weighted by Gasteiger charge is 2.20. The second kappa shape index (κ2) is 9.06. The second-order valence-electron chi connectivity index (χ2n) is 6.58.